The molecule has 2 aliphatic rings. The Balaban J connectivity index is 1.15. The number of amides is 2. The second-order valence-electron chi connectivity index (χ2n) is 9.05. The normalized spacial score (nSPS) is 15.9. The number of urea groups is 1. The van der Waals surface area contributed by atoms with Gasteiger partial charge in [-0.2, -0.15) is 4.98 Å². The number of aromatic nitrogens is 2. The Labute approximate surface area is 216 Å². The minimum Gasteiger partial charge on any atom is -0.378 e. The van der Waals surface area contributed by atoms with Crippen molar-refractivity contribution in [3.8, 4) is 0 Å². The lowest BCUT2D eigenvalue weighted by Crippen LogP contribution is -2.50. The molecule has 1 aromatic heterocycles. The number of anilines is 5. The van der Waals surface area contributed by atoms with Crippen molar-refractivity contribution >= 4 is 40.6 Å². The Morgan fingerprint density at radius 2 is 1.62 bits per heavy atom. The van der Waals surface area contributed by atoms with Crippen LogP contribution in [-0.2, 0) is 4.74 Å². The second kappa shape index (κ2) is 11.3. The summed E-state index contributed by atoms with van der Waals surface area (Å²) >= 11 is 0. The number of piperazine rings is 1. The number of Topliss-reactive ketones (excluding diaryl/α,β-unsaturated/α-hetero) is 1. The fourth-order valence-corrected chi connectivity index (χ4v) is 4.45. The molecule has 0 spiro atoms. The van der Waals surface area contributed by atoms with E-state index in [4.69, 9.17) is 9.72 Å². The molecule has 0 unspecified atom stereocenters. The van der Waals surface area contributed by atoms with Gasteiger partial charge in [0.25, 0.3) is 0 Å². The Hall–Kier alpha value is -4.18. The summed E-state index contributed by atoms with van der Waals surface area (Å²) in [7, 11) is 0. The summed E-state index contributed by atoms with van der Waals surface area (Å²) in [6.45, 7) is 7.28. The molecule has 3 aromatic rings. The van der Waals surface area contributed by atoms with Gasteiger partial charge in [0, 0.05) is 68.1 Å². The van der Waals surface area contributed by atoms with Gasteiger partial charge in [-0.05, 0) is 49.4 Å². The number of carbonyl (C=O) groups is 2. The molecule has 192 valence electrons. The summed E-state index contributed by atoms with van der Waals surface area (Å²) in [6.07, 6.45) is 1.74. The highest BCUT2D eigenvalue weighted by molar-refractivity contribution is 5.96. The van der Waals surface area contributed by atoms with Crippen LogP contribution in [0.2, 0.25) is 0 Å². The number of rotatable bonds is 6. The number of hydrogen-bond acceptors (Lipinski definition) is 8. The fraction of sp³-hybridized carbons (Fsp3) is 0.333. The first-order valence-electron chi connectivity index (χ1n) is 12.5. The van der Waals surface area contributed by atoms with Gasteiger partial charge in [-0.3, -0.25) is 4.79 Å². The summed E-state index contributed by atoms with van der Waals surface area (Å²) in [5.41, 5.74) is 3.29. The quantitative estimate of drug-likeness (QED) is 0.494. The van der Waals surface area contributed by atoms with Crippen LogP contribution in [0.1, 0.15) is 17.3 Å². The van der Waals surface area contributed by atoms with Crippen LogP contribution >= 0.6 is 0 Å². The molecule has 2 aromatic carbocycles. The molecule has 0 atom stereocenters. The van der Waals surface area contributed by atoms with Gasteiger partial charge in [-0.25, -0.2) is 9.78 Å². The van der Waals surface area contributed by atoms with Crippen molar-refractivity contribution in [2.45, 2.75) is 6.92 Å². The largest absolute Gasteiger partial charge is 0.378 e. The van der Waals surface area contributed by atoms with Crippen LogP contribution in [0.3, 0.4) is 0 Å². The Kier molecular flexibility index (Phi) is 7.46. The zero-order valence-corrected chi connectivity index (χ0v) is 20.9. The average molecular weight is 502 g/mol. The first-order valence-corrected chi connectivity index (χ1v) is 12.5. The molecule has 2 amide bonds. The average Bonchev–Trinajstić information content (AvgIpc) is 2.94. The summed E-state index contributed by atoms with van der Waals surface area (Å²) in [5, 5.41) is 6.18. The van der Waals surface area contributed by atoms with Crippen LogP contribution in [0, 0.1) is 0 Å². The van der Waals surface area contributed by atoms with Gasteiger partial charge in [0.15, 0.2) is 5.78 Å². The van der Waals surface area contributed by atoms with Crippen molar-refractivity contribution in [1.82, 2.24) is 14.9 Å². The highest BCUT2D eigenvalue weighted by Gasteiger charge is 2.22. The van der Waals surface area contributed by atoms with Crippen LogP contribution in [0.15, 0.2) is 60.8 Å². The van der Waals surface area contributed by atoms with E-state index in [2.05, 4.69) is 37.6 Å². The smallest absolute Gasteiger partial charge is 0.321 e. The van der Waals surface area contributed by atoms with Crippen molar-refractivity contribution in [2.75, 3.05) is 72.9 Å². The number of ether oxygens (including phenoxy) is 1. The lowest BCUT2D eigenvalue weighted by molar-refractivity contribution is 0.101. The van der Waals surface area contributed by atoms with E-state index in [1.165, 1.54) is 12.6 Å². The van der Waals surface area contributed by atoms with Gasteiger partial charge >= 0.3 is 6.03 Å². The van der Waals surface area contributed by atoms with E-state index in [-0.39, 0.29) is 11.8 Å². The van der Waals surface area contributed by atoms with E-state index in [0.29, 0.717) is 43.4 Å². The van der Waals surface area contributed by atoms with Gasteiger partial charge in [0.1, 0.15) is 5.82 Å². The molecule has 0 radical (unpaired) electrons. The van der Waals surface area contributed by atoms with E-state index in [0.717, 1.165) is 37.8 Å². The summed E-state index contributed by atoms with van der Waals surface area (Å²) in [6, 6.07) is 17.0. The van der Waals surface area contributed by atoms with E-state index < -0.39 is 0 Å². The fourth-order valence-electron chi connectivity index (χ4n) is 4.45. The van der Waals surface area contributed by atoms with Crippen LogP contribution in [0.25, 0.3) is 0 Å². The third-order valence-corrected chi connectivity index (χ3v) is 6.55. The Bertz CT molecular complexity index is 1240. The zero-order chi connectivity index (χ0) is 25.6. The molecular weight excluding hydrogens is 470 g/mol. The topological polar surface area (TPSA) is 103 Å². The lowest BCUT2D eigenvalue weighted by Gasteiger charge is -2.35. The number of nitrogens with one attached hydrogen (secondary N) is 2. The molecular formula is C27H31N7O3. The lowest BCUT2D eigenvalue weighted by atomic mass is 10.1. The third-order valence-electron chi connectivity index (χ3n) is 6.55. The van der Waals surface area contributed by atoms with E-state index in [9.17, 15) is 9.59 Å². The minimum atomic E-state index is -0.175. The van der Waals surface area contributed by atoms with Gasteiger partial charge < -0.3 is 30.1 Å². The first-order chi connectivity index (χ1) is 18.0. The highest BCUT2D eigenvalue weighted by atomic mass is 16.5. The first kappa shape index (κ1) is 24.5. The Morgan fingerprint density at radius 3 is 2.35 bits per heavy atom. The van der Waals surface area contributed by atoms with E-state index in [1.54, 1.807) is 35.4 Å². The molecule has 37 heavy (non-hydrogen) atoms. The monoisotopic (exact) mass is 501 g/mol. The molecule has 2 fully saturated rings. The van der Waals surface area contributed by atoms with Crippen molar-refractivity contribution in [3.63, 3.8) is 0 Å². The number of morpholine rings is 1. The standard InChI is InChI=1S/C27H31N7O3/c1-20(35)21-3-2-4-23(19-21)30-27(36)34-13-11-33(12-14-34)25-9-10-28-26(31-25)29-22-5-7-24(8-6-22)32-15-17-37-18-16-32/h2-10,19H,11-18H2,1H3,(H,30,36)(H,28,29,31). The minimum absolute atomic E-state index is 0.0339. The maximum Gasteiger partial charge on any atom is 0.321 e. The van der Waals surface area contributed by atoms with Crippen molar-refractivity contribution in [3.05, 3.63) is 66.4 Å². The number of nitrogens with zero attached hydrogens (tertiary/aromatic N) is 5. The summed E-state index contributed by atoms with van der Waals surface area (Å²) in [5.74, 6) is 1.31. The van der Waals surface area contributed by atoms with Crippen LogP contribution < -0.4 is 20.4 Å². The summed E-state index contributed by atoms with van der Waals surface area (Å²) < 4.78 is 5.43. The second-order valence-corrected chi connectivity index (χ2v) is 9.05. The van der Waals surface area contributed by atoms with Crippen molar-refractivity contribution < 1.29 is 14.3 Å². The number of hydrogen-bond donors (Lipinski definition) is 2. The van der Waals surface area contributed by atoms with E-state index in [1.807, 2.05) is 18.2 Å². The van der Waals surface area contributed by atoms with Crippen molar-refractivity contribution in [1.29, 1.82) is 0 Å². The number of ketones is 1. The molecule has 0 saturated carbocycles. The summed E-state index contributed by atoms with van der Waals surface area (Å²) in [4.78, 5) is 39.6. The molecule has 2 N–H and O–H groups in total. The van der Waals surface area contributed by atoms with Gasteiger partial charge in [-0.1, -0.05) is 12.1 Å². The predicted octanol–water partition coefficient (Wildman–Crippen LogP) is 3.61. The van der Waals surface area contributed by atoms with Gasteiger partial charge in [0.2, 0.25) is 5.95 Å². The number of benzene rings is 2. The van der Waals surface area contributed by atoms with Gasteiger partial charge in [-0.15, -0.1) is 0 Å². The Morgan fingerprint density at radius 1 is 0.865 bits per heavy atom. The van der Waals surface area contributed by atoms with Crippen molar-refractivity contribution in [2.24, 2.45) is 0 Å². The van der Waals surface area contributed by atoms with Crippen LogP contribution in [0.4, 0.5) is 33.6 Å². The SMILES string of the molecule is CC(=O)c1cccc(NC(=O)N2CCN(c3ccnc(Nc4ccc(N5CCOCC5)cc4)n3)CC2)c1. The molecule has 3 heterocycles. The van der Waals surface area contributed by atoms with Crippen LogP contribution in [-0.4, -0.2) is 79.2 Å². The molecule has 5 rings (SSSR count). The molecule has 10 nitrogen and oxygen atoms in total. The maximum absolute atomic E-state index is 12.7. The zero-order valence-electron chi connectivity index (χ0n) is 20.9. The molecule has 0 bridgehead atoms. The predicted molar refractivity (Wildman–Crippen MR) is 144 cm³/mol. The molecule has 0 aliphatic carbocycles. The van der Waals surface area contributed by atoms with E-state index >= 15 is 0 Å². The maximum atomic E-state index is 12.7. The number of carbonyl (C=O) groups excluding carboxylic acids is 2. The van der Waals surface area contributed by atoms with Gasteiger partial charge in [0.05, 0.1) is 13.2 Å². The third kappa shape index (κ3) is 6.15. The van der Waals surface area contributed by atoms with Crippen LogP contribution in [0.5, 0.6) is 0 Å². The molecule has 10 heteroatoms. The highest BCUT2D eigenvalue weighted by Crippen LogP contribution is 2.22. The molecule has 2 saturated heterocycles. The molecule has 2 aliphatic heterocycles.